The SMILES string of the molecule is COc1ccc2nc(C(=O)O)[nH]c(=O)c2c1.Cl.NCc1ccc2c(c1)NC(=O)CO2. The molecule has 0 spiro atoms. The molecule has 0 fully saturated rings. The monoisotopic (exact) mass is 434 g/mol. The van der Waals surface area contributed by atoms with Gasteiger partial charge in [-0.05, 0) is 35.9 Å². The molecule has 0 saturated heterocycles. The van der Waals surface area contributed by atoms with Crippen molar-refractivity contribution >= 4 is 40.9 Å². The number of benzene rings is 2. The van der Waals surface area contributed by atoms with Crippen molar-refractivity contribution in [2.24, 2.45) is 5.73 Å². The van der Waals surface area contributed by atoms with Gasteiger partial charge in [-0.2, -0.15) is 0 Å². The number of nitrogens with zero attached hydrogens (tertiary/aromatic N) is 1. The Bertz CT molecular complexity index is 1150. The van der Waals surface area contributed by atoms with Crippen LogP contribution in [0.15, 0.2) is 41.2 Å². The number of H-pyrrole nitrogens is 1. The fraction of sp³-hybridized carbons (Fsp3) is 0.158. The van der Waals surface area contributed by atoms with Gasteiger partial charge in [0, 0.05) is 6.54 Å². The van der Waals surface area contributed by atoms with Gasteiger partial charge in [-0.1, -0.05) is 6.07 Å². The third-order valence-electron chi connectivity index (χ3n) is 4.03. The zero-order valence-corrected chi connectivity index (χ0v) is 16.6. The van der Waals surface area contributed by atoms with Gasteiger partial charge < -0.3 is 30.6 Å². The number of amides is 1. The molecule has 158 valence electrons. The molecule has 1 amide bonds. The first-order chi connectivity index (χ1) is 13.9. The second-order valence-electron chi connectivity index (χ2n) is 5.97. The van der Waals surface area contributed by atoms with Crippen molar-refractivity contribution in [1.82, 2.24) is 9.97 Å². The number of nitrogens with one attached hydrogen (secondary N) is 2. The first kappa shape index (κ1) is 22.7. The Kier molecular flexibility index (Phi) is 7.34. The van der Waals surface area contributed by atoms with Crippen molar-refractivity contribution in [2.75, 3.05) is 19.0 Å². The first-order valence-corrected chi connectivity index (χ1v) is 8.48. The zero-order valence-electron chi connectivity index (χ0n) is 15.8. The van der Waals surface area contributed by atoms with E-state index < -0.39 is 11.5 Å². The largest absolute Gasteiger partial charge is 0.497 e. The van der Waals surface area contributed by atoms with E-state index in [1.807, 2.05) is 18.2 Å². The molecule has 0 radical (unpaired) electrons. The lowest BCUT2D eigenvalue weighted by molar-refractivity contribution is -0.118. The van der Waals surface area contributed by atoms with Gasteiger partial charge in [-0.3, -0.25) is 9.59 Å². The topological polar surface area (TPSA) is 157 Å². The van der Waals surface area contributed by atoms with Crippen LogP contribution in [-0.2, 0) is 11.3 Å². The van der Waals surface area contributed by atoms with Crippen LogP contribution in [0.4, 0.5) is 5.69 Å². The lowest BCUT2D eigenvalue weighted by Gasteiger charge is -2.18. The highest BCUT2D eigenvalue weighted by Crippen LogP contribution is 2.28. The number of aromatic amines is 1. The number of aromatic nitrogens is 2. The molecule has 1 aliphatic heterocycles. The molecule has 1 aromatic heterocycles. The van der Waals surface area contributed by atoms with E-state index >= 15 is 0 Å². The molecule has 1 aliphatic rings. The van der Waals surface area contributed by atoms with Gasteiger partial charge in [0.25, 0.3) is 11.5 Å². The van der Waals surface area contributed by atoms with Crippen molar-refractivity contribution in [3.05, 3.63) is 58.1 Å². The quantitative estimate of drug-likeness (QED) is 0.483. The summed E-state index contributed by atoms with van der Waals surface area (Å²) in [5, 5.41) is 11.7. The number of anilines is 1. The van der Waals surface area contributed by atoms with Crippen LogP contribution in [0.2, 0.25) is 0 Å². The summed E-state index contributed by atoms with van der Waals surface area (Å²) in [6, 6.07) is 10.2. The summed E-state index contributed by atoms with van der Waals surface area (Å²) < 4.78 is 10.1. The number of carbonyl (C=O) groups is 2. The number of carbonyl (C=O) groups excluding carboxylic acids is 1. The highest BCUT2D eigenvalue weighted by atomic mass is 35.5. The van der Waals surface area contributed by atoms with Gasteiger partial charge in [0.2, 0.25) is 5.82 Å². The predicted octanol–water partition coefficient (Wildman–Crippen LogP) is 1.53. The summed E-state index contributed by atoms with van der Waals surface area (Å²) in [6.45, 7) is 0.554. The van der Waals surface area contributed by atoms with Crippen LogP contribution in [-0.4, -0.2) is 40.7 Å². The third-order valence-corrected chi connectivity index (χ3v) is 4.03. The van der Waals surface area contributed by atoms with Crippen molar-refractivity contribution < 1.29 is 24.2 Å². The van der Waals surface area contributed by atoms with E-state index in [1.165, 1.54) is 19.2 Å². The Hall–Kier alpha value is -3.63. The van der Waals surface area contributed by atoms with Gasteiger partial charge >= 0.3 is 5.97 Å². The standard InChI is InChI=1S/C10H8N2O4.C9H10N2O2.ClH/c1-16-5-2-3-7-6(4-5)9(13)12-8(11-7)10(14)15;10-4-6-1-2-8-7(3-6)11-9(12)5-13-8;/h2-4H,1H3,(H,14,15)(H,11,12,13);1-3H,4-5,10H2,(H,11,12);1H. The third kappa shape index (κ3) is 5.04. The fourth-order valence-electron chi connectivity index (χ4n) is 2.60. The number of carboxylic acid groups (broad SMARTS) is 1. The average Bonchev–Trinajstić information content (AvgIpc) is 2.73. The Morgan fingerprint density at radius 1 is 1.27 bits per heavy atom. The minimum Gasteiger partial charge on any atom is -0.497 e. The molecule has 0 aliphatic carbocycles. The Labute approximate surface area is 176 Å². The van der Waals surface area contributed by atoms with Gasteiger partial charge in [-0.15, -0.1) is 12.4 Å². The molecule has 0 unspecified atom stereocenters. The highest BCUT2D eigenvalue weighted by molar-refractivity contribution is 5.95. The van der Waals surface area contributed by atoms with Crippen LogP contribution in [0, 0.1) is 0 Å². The maximum Gasteiger partial charge on any atom is 0.372 e. The average molecular weight is 435 g/mol. The first-order valence-electron chi connectivity index (χ1n) is 8.48. The van der Waals surface area contributed by atoms with Gasteiger partial charge in [0.1, 0.15) is 11.5 Å². The highest BCUT2D eigenvalue weighted by Gasteiger charge is 2.15. The fourth-order valence-corrected chi connectivity index (χ4v) is 2.60. The second kappa shape index (κ2) is 9.72. The normalized spacial score (nSPS) is 11.7. The minimum atomic E-state index is -1.27. The van der Waals surface area contributed by atoms with E-state index in [1.54, 1.807) is 6.07 Å². The van der Waals surface area contributed by atoms with E-state index in [4.69, 9.17) is 20.3 Å². The molecule has 3 aromatic rings. The van der Waals surface area contributed by atoms with Crippen LogP contribution in [0.5, 0.6) is 11.5 Å². The molecule has 2 heterocycles. The number of fused-ring (bicyclic) bond motifs is 2. The number of methoxy groups -OCH3 is 1. The van der Waals surface area contributed by atoms with Crippen LogP contribution in [0.1, 0.15) is 16.2 Å². The van der Waals surface area contributed by atoms with Gasteiger partial charge in [0.15, 0.2) is 6.61 Å². The van der Waals surface area contributed by atoms with Crippen LogP contribution < -0.4 is 26.1 Å². The van der Waals surface area contributed by atoms with E-state index in [0.29, 0.717) is 34.6 Å². The van der Waals surface area contributed by atoms with Gasteiger partial charge in [-0.25, -0.2) is 9.78 Å². The summed E-state index contributed by atoms with van der Waals surface area (Å²) >= 11 is 0. The van der Waals surface area contributed by atoms with Crippen molar-refractivity contribution in [3.63, 3.8) is 0 Å². The van der Waals surface area contributed by atoms with E-state index in [2.05, 4.69) is 15.3 Å². The number of nitrogens with two attached hydrogens (primary N) is 1. The lowest BCUT2D eigenvalue weighted by Crippen LogP contribution is -2.25. The molecule has 5 N–H and O–H groups in total. The molecule has 10 nitrogen and oxygen atoms in total. The summed E-state index contributed by atoms with van der Waals surface area (Å²) in [4.78, 5) is 39.2. The summed E-state index contributed by atoms with van der Waals surface area (Å²) in [6.07, 6.45) is 0. The number of hydrogen-bond acceptors (Lipinski definition) is 7. The molecular formula is C19H19ClN4O6. The maximum atomic E-state index is 11.6. The molecule has 4 rings (SSSR count). The van der Waals surface area contributed by atoms with Crippen molar-refractivity contribution in [2.45, 2.75) is 6.54 Å². The van der Waals surface area contributed by atoms with Crippen LogP contribution >= 0.6 is 12.4 Å². The zero-order chi connectivity index (χ0) is 21.0. The molecule has 11 heteroatoms. The maximum absolute atomic E-state index is 11.6. The van der Waals surface area contributed by atoms with Crippen LogP contribution in [0.3, 0.4) is 0 Å². The Balaban J connectivity index is 0.000000211. The molecule has 0 saturated carbocycles. The molecule has 30 heavy (non-hydrogen) atoms. The lowest BCUT2D eigenvalue weighted by atomic mass is 10.1. The predicted molar refractivity (Wildman–Crippen MR) is 112 cm³/mol. The number of rotatable bonds is 3. The summed E-state index contributed by atoms with van der Waals surface area (Å²) in [7, 11) is 1.48. The molecule has 2 aromatic carbocycles. The Morgan fingerprint density at radius 2 is 2.03 bits per heavy atom. The van der Waals surface area contributed by atoms with Gasteiger partial charge in [0.05, 0.1) is 23.7 Å². The van der Waals surface area contributed by atoms with Crippen molar-refractivity contribution in [3.8, 4) is 11.5 Å². The second-order valence-corrected chi connectivity index (χ2v) is 5.97. The number of carboxylic acids is 1. The molecule has 0 atom stereocenters. The number of aromatic carboxylic acids is 1. The van der Waals surface area contributed by atoms with Crippen molar-refractivity contribution in [1.29, 1.82) is 0 Å². The Morgan fingerprint density at radius 3 is 2.70 bits per heavy atom. The molecule has 0 bridgehead atoms. The number of ether oxygens (including phenoxy) is 2. The number of halogens is 1. The molecular weight excluding hydrogens is 416 g/mol. The van der Waals surface area contributed by atoms with E-state index in [-0.39, 0.29) is 30.7 Å². The smallest absolute Gasteiger partial charge is 0.372 e. The minimum absolute atomic E-state index is 0. The summed E-state index contributed by atoms with van der Waals surface area (Å²) in [5.41, 5.74) is 6.97. The van der Waals surface area contributed by atoms with E-state index in [9.17, 15) is 14.4 Å². The summed E-state index contributed by atoms with van der Waals surface area (Å²) in [5.74, 6) is -0.543. The van der Waals surface area contributed by atoms with E-state index in [0.717, 1.165) is 5.56 Å². The van der Waals surface area contributed by atoms with Crippen LogP contribution in [0.25, 0.3) is 10.9 Å². The number of hydrogen-bond donors (Lipinski definition) is 4.